The van der Waals surface area contributed by atoms with E-state index in [1.54, 1.807) is 19.0 Å². The Morgan fingerprint density at radius 2 is 2.12 bits per heavy atom. The van der Waals surface area contributed by atoms with Crippen LogP contribution in [0.15, 0.2) is 18.2 Å². The highest BCUT2D eigenvalue weighted by molar-refractivity contribution is 5.76. The molecule has 0 saturated carbocycles. The molecular formula is C12H19N3O. The van der Waals surface area contributed by atoms with E-state index in [1.807, 2.05) is 25.1 Å². The van der Waals surface area contributed by atoms with Crippen molar-refractivity contribution in [2.75, 3.05) is 31.7 Å². The van der Waals surface area contributed by atoms with Crippen molar-refractivity contribution in [3.05, 3.63) is 23.8 Å². The van der Waals surface area contributed by atoms with Crippen molar-refractivity contribution < 1.29 is 4.79 Å². The first-order valence-corrected chi connectivity index (χ1v) is 5.31. The lowest BCUT2D eigenvalue weighted by atomic mass is 10.2. The number of nitrogens with zero attached hydrogens (tertiary/aromatic N) is 1. The average Bonchev–Trinajstić information content (AvgIpc) is 2.20. The summed E-state index contributed by atoms with van der Waals surface area (Å²) in [6.45, 7) is 2.63. The molecule has 0 fully saturated rings. The molecule has 0 aliphatic rings. The molecule has 0 radical (unpaired) electrons. The lowest BCUT2D eigenvalue weighted by molar-refractivity contribution is -0.128. The van der Waals surface area contributed by atoms with E-state index in [-0.39, 0.29) is 5.91 Å². The van der Waals surface area contributed by atoms with Crippen LogP contribution in [0.3, 0.4) is 0 Å². The number of carbonyl (C=O) groups excluding carboxylic acids is 1. The Balaban J connectivity index is 2.46. The number of rotatable bonds is 4. The number of nitrogens with one attached hydrogen (secondary N) is 1. The van der Waals surface area contributed by atoms with Crippen LogP contribution in [-0.4, -0.2) is 31.4 Å². The van der Waals surface area contributed by atoms with Crippen LogP contribution in [0.5, 0.6) is 0 Å². The van der Waals surface area contributed by atoms with Gasteiger partial charge in [-0.05, 0) is 30.7 Å². The summed E-state index contributed by atoms with van der Waals surface area (Å²) in [6.07, 6.45) is 0.497. The van der Waals surface area contributed by atoms with Gasteiger partial charge in [-0.15, -0.1) is 0 Å². The Labute approximate surface area is 96.4 Å². The first kappa shape index (κ1) is 12.4. The number of benzene rings is 1. The second kappa shape index (κ2) is 5.39. The number of nitrogens with two attached hydrogens (primary N) is 1. The van der Waals surface area contributed by atoms with Crippen LogP contribution in [-0.2, 0) is 4.79 Å². The molecule has 16 heavy (non-hydrogen) atoms. The van der Waals surface area contributed by atoms with E-state index in [2.05, 4.69) is 5.32 Å². The van der Waals surface area contributed by atoms with Crippen LogP contribution in [0.4, 0.5) is 11.4 Å². The van der Waals surface area contributed by atoms with Crippen molar-refractivity contribution in [3.8, 4) is 0 Å². The van der Waals surface area contributed by atoms with E-state index in [9.17, 15) is 4.79 Å². The first-order chi connectivity index (χ1) is 7.50. The van der Waals surface area contributed by atoms with Gasteiger partial charge in [-0.25, -0.2) is 0 Å². The monoisotopic (exact) mass is 221 g/mol. The standard InChI is InChI=1S/C12H19N3O/c1-9-8-10(13)4-5-11(9)14-7-6-12(16)15(2)3/h4-5,8,14H,6-7,13H2,1-3H3. The fraction of sp³-hybridized carbons (Fsp3) is 0.417. The molecule has 1 aromatic carbocycles. The van der Waals surface area contributed by atoms with E-state index in [0.29, 0.717) is 13.0 Å². The predicted molar refractivity (Wildman–Crippen MR) is 67.4 cm³/mol. The third-order valence-electron chi connectivity index (χ3n) is 2.40. The summed E-state index contributed by atoms with van der Waals surface area (Å²) < 4.78 is 0. The number of amides is 1. The summed E-state index contributed by atoms with van der Waals surface area (Å²) in [5, 5.41) is 3.22. The van der Waals surface area contributed by atoms with E-state index >= 15 is 0 Å². The van der Waals surface area contributed by atoms with Crippen molar-refractivity contribution in [2.45, 2.75) is 13.3 Å². The summed E-state index contributed by atoms with van der Waals surface area (Å²) in [5.41, 5.74) is 8.54. The first-order valence-electron chi connectivity index (χ1n) is 5.31. The second-order valence-electron chi connectivity index (χ2n) is 4.04. The molecule has 0 heterocycles. The van der Waals surface area contributed by atoms with Gasteiger partial charge in [-0.2, -0.15) is 0 Å². The van der Waals surface area contributed by atoms with E-state index in [0.717, 1.165) is 16.9 Å². The van der Waals surface area contributed by atoms with Gasteiger partial charge in [0.05, 0.1) is 0 Å². The van der Waals surface area contributed by atoms with Crippen molar-refractivity contribution in [1.82, 2.24) is 4.90 Å². The molecule has 4 heteroatoms. The number of anilines is 2. The molecule has 0 saturated heterocycles. The molecule has 4 nitrogen and oxygen atoms in total. The zero-order chi connectivity index (χ0) is 12.1. The van der Waals surface area contributed by atoms with Gasteiger partial charge < -0.3 is 16.0 Å². The van der Waals surface area contributed by atoms with E-state index in [4.69, 9.17) is 5.73 Å². The smallest absolute Gasteiger partial charge is 0.223 e. The molecule has 0 aliphatic heterocycles. The molecule has 0 unspecified atom stereocenters. The molecule has 1 rings (SSSR count). The Hall–Kier alpha value is -1.71. The van der Waals surface area contributed by atoms with Crippen LogP contribution in [0.2, 0.25) is 0 Å². The molecule has 1 amide bonds. The Morgan fingerprint density at radius 1 is 1.44 bits per heavy atom. The second-order valence-corrected chi connectivity index (χ2v) is 4.04. The van der Waals surface area contributed by atoms with Gasteiger partial charge in [0.25, 0.3) is 0 Å². The lowest BCUT2D eigenvalue weighted by Gasteiger charge is -2.12. The predicted octanol–water partition coefficient (Wildman–Crippen LogP) is 1.47. The van der Waals surface area contributed by atoms with E-state index in [1.165, 1.54) is 0 Å². The van der Waals surface area contributed by atoms with Crippen molar-refractivity contribution in [1.29, 1.82) is 0 Å². The molecule has 0 atom stereocenters. The Bertz CT molecular complexity index is 375. The van der Waals surface area contributed by atoms with Gasteiger partial charge in [0.15, 0.2) is 0 Å². The largest absolute Gasteiger partial charge is 0.399 e. The molecule has 0 spiro atoms. The van der Waals surface area contributed by atoms with Crippen LogP contribution < -0.4 is 11.1 Å². The van der Waals surface area contributed by atoms with Crippen LogP contribution >= 0.6 is 0 Å². The highest BCUT2D eigenvalue weighted by Crippen LogP contribution is 2.17. The maximum atomic E-state index is 11.3. The van der Waals surface area contributed by atoms with Crippen LogP contribution in [0, 0.1) is 6.92 Å². The highest BCUT2D eigenvalue weighted by Gasteiger charge is 2.03. The topological polar surface area (TPSA) is 58.4 Å². The summed E-state index contributed by atoms with van der Waals surface area (Å²) in [4.78, 5) is 12.9. The lowest BCUT2D eigenvalue weighted by Crippen LogP contribution is -2.24. The van der Waals surface area contributed by atoms with Crippen molar-refractivity contribution >= 4 is 17.3 Å². The minimum atomic E-state index is 0.126. The SMILES string of the molecule is Cc1cc(N)ccc1NCCC(=O)N(C)C. The zero-order valence-corrected chi connectivity index (χ0v) is 10.1. The normalized spacial score (nSPS) is 9.94. The summed E-state index contributed by atoms with van der Waals surface area (Å²) in [6, 6.07) is 5.70. The average molecular weight is 221 g/mol. The quantitative estimate of drug-likeness (QED) is 0.757. The molecule has 88 valence electrons. The number of nitrogen functional groups attached to an aromatic ring is 1. The minimum Gasteiger partial charge on any atom is -0.399 e. The van der Waals surface area contributed by atoms with Gasteiger partial charge in [0.1, 0.15) is 0 Å². The zero-order valence-electron chi connectivity index (χ0n) is 10.1. The number of carbonyl (C=O) groups is 1. The highest BCUT2D eigenvalue weighted by atomic mass is 16.2. The maximum absolute atomic E-state index is 11.3. The molecule has 1 aromatic rings. The fourth-order valence-corrected chi connectivity index (χ4v) is 1.41. The van der Waals surface area contributed by atoms with Crippen LogP contribution in [0.25, 0.3) is 0 Å². The Kier molecular flexibility index (Phi) is 4.17. The van der Waals surface area contributed by atoms with Crippen molar-refractivity contribution in [2.24, 2.45) is 0 Å². The van der Waals surface area contributed by atoms with Gasteiger partial charge >= 0.3 is 0 Å². The molecule has 3 N–H and O–H groups in total. The summed E-state index contributed by atoms with van der Waals surface area (Å²) in [7, 11) is 3.52. The molecule has 0 aromatic heterocycles. The number of aryl methyl sites for hydroxylation is 1. The van der Waals surface area contributed by atoms with Gasteiger partial charge in [-0.1, -0.05) is 0 Å². The van der Waals surface area contributed by atoms with Crippen LogP contribution in [0.1, 0.15) is 12.0 Å². The van der Waals surface area contributed by atoms with Crippen molar-refractivity contribution in [3.63, 3.8) is 0 Å². The molecule has 0 aliphatic carbocycles. The number of hydrogen-bond acceptors (Lipinski definition) is 3. The third kappa shape index (κ3) is 3.46. The molecular weight excluding hydrogens is 202 g/mol. The van der Waals surface area contributed by atoms with Gasteiger partial charge in [0, 0.05) is 38.4 Å². The summed E-state index contributed by atoms with van der Waals surface area (Å²) >= 11 is 0. The third-order valence-corrected chi connectivity index (χ3v) is 2.40. The van der Waals surface area contributed by atoms with Gasteiger partial charge in [0.2, 0.25) is 5.91 Å². The maximum Gasteiger partial charge on any atom is 0.223 e. The van der Waals surface area contributed by atoms with Gasteiger partial charge in [-0.3, -0.25) is 4.79 Å². The number of hydrogen-bond donors (Lipinski definition) is 2. The molecule has 0 bridgehead atoms. The minimum absolute atomic E-state index is 0.126. The summed E-state index contributed by atoms with van der Waals surface area (Å²) in [5.74, 6) is 0.126. The Morgan fingerprint density at radius 3 is 2.69 bits per heavy atom. The fourth-order valence-electron chi connectivity index (χ4n) is 1.41. The van der Waals surface area contributed by atoms with E-state index < -0.39 is 0 Å².